The molecule has 0 bridgehead atoms. The molecular formula is C20H21FN6. The van der Waals surface area contributed by atoms with Crippen LogP contribution in [-0.4, -0.2) is 32.7 Å². The minimum atomic E-state index is -0.321. The lowest BCUT2D eigenvalue weighted by molar-refractivity contribution is 0.402. The van der Waals surface area contributed by atoms with E-state index in [0.717, 1.165) is 42.6 Å². The van der Waals surface area contributed by atoms with Gasteiger partial charge < -0.3 is 11.1 Å². The van der Waals surface area contributed by atoms with Crippen molar-refractivity contribution < 1.29 is 4.39 Å². The number of pyridine rings is 2. The summed E-state index contributed by atoms with van der Waals surface area (Å²) < 4.78 is 17.1. The average Bonchev–Trinajstić information content (AvgIpc) is 3.33. The summed E-state index contributed by atoms with van der Waals surface area (Å²) in [6, 6.07) is 5.87. The molecule has 1 aliphatic heterocycles. The number of hydrogen-bond acceptors (Lipinski definition) is 5. The van der Waals surface area contributed by atoms with Crippen LogP contribution in [0.25, 0.3) is 17.0 Å². The van der Waals surface area contributed by atoms with Gasteiger partial charge in [0, 0.05) is 35.6 Å². The van der Waals surface area contributed by atoms with Crippen LogP contribution in [0.4, 0.5) is 10.2 Å². The highest BCUT2D eigenvalue weighted by molar-refractivity contribution is 5.93. The molecule has 5 rings (SSSR count). The van der Waals surface area contributed by atoms with E-state index in [1.165, 1.54) is 0 Å². The van der Waals surface area contributed by atoms with Gasteiger partial charge in [0.25, 0.3) is 0 Å². The van der Waals surface area contributed by atoms with E-state index in [0.29, 0.717) is 17.8 Å². The van der Waals surface area contributed by atoms with Crippen molar-refractivity contribution in [1.82, 2.24) is 14.4 Å². The summed E-state index contributed by atoms with van der Waals surface area (Å²) >= 11 is 0. The Morgan fingerprint density at radius 1 is 1.22 bits per heavy atom. The van der Waals surface area contributed by atoms with Gasteiger partial charge >= 0.3 is 0 Å². The topological polar surface area (TPSA) is 80.6 Å². The molecular weight excluding hydrogens is 343 g/mol. The number of aromatic nitrogens is 3. The van der Waals surface area contributed by atoms with Crippen LogP contribution < -0.4 is 11.1 Å². The lowest BCUT2D eigenvalue weighted by atomic mass is 9.91. The number of nitrogens with one attached hydrogen (secondary N) is 1. The lowest BCUT2D eigenvalue weighted by Gasteiger charge is -2.30. The molecule has 4 heterocycles. The van der Waals surface area contributed by atoms with Crippen LogP contribution in [0.3, 0.4) is 0 Å². The van der Waals surface area contributed by atoms with Crippen LogP contribution in [0.15, 0.2) is 35.6 Å². The lowest BCUT2D eigenvalue weighted by Crippen LogP contribution is -2.43. The van der Waals surface area contributed by atoms with Crippen molar-refractivity contribution in [2.24, 2.45) is 10.7 Å². The maximum atomic E-state index is 15.1. The highest BCUT2D eigenvalue weighted by atomic mass is 19.1. The zero-order valence-electron chi connectivity index (χ0n) is 14.9. The van der Waals surface area contributed by atoms with Crippen molar-refractivity contribution in [3.8, 4) is 11.4 Å². The first-order valence-electron chi connectivity index (χ1n) is 9.39. The number of nitrogens with zero attached hydrogens (tertiary/aromatic N) is 4. The van der Waals surface area contributed by atoms with E-state index >= 15 is 4.39 Å². The van der Waals surface area contributed by atoms with E-state index < -0.39 is 0 Å². The Balaban J connectivity index is 1.63. The molecule has 1 fully saturated rings. The molecule has 0 unspecified atom stereocenters. The number of nitrogens with two attached hydrogens (primary N) is 1. The molecule has 1 saturated carbocycles. The molecule has 2 atom stereocenters. The van der Waals surface area contributed by atoms with Gasteiger partial charge in [0.1, 0.15) is 11.3 Å². The van der Waals surface area contributed by atoms with Gasteiger partial charge in [-0.3, -0.25) is 9.39 Å². The Labute approximate surface area is 156 Å². The summed E-state index contributed by atoms with van der Waals surface area (Å²) in [5.74, 6) is -0.0553. The van der Waals surface area contributed by atoms with Gasteiger partial charge in [-0.2, -0.15) is 0 Å². The second-order valence-corrected chi connectivity index (χ2v) is 7.26. The number of anilines is 1. The number of rotatable bonds is 3. The Hall–Kier alpha value is -2.80. The Morgan fingerprint density at radius 2 is 2.11 bits per heavy atom. The van der Waals surface area contributed by atoms with Crippen LogP contribution in [0.2, 0.25) is 0 Å². The third-order valence-electron chi connectivity index (χ3n) is 5.55. The summed E-state index contributed by atoms with van der Waals surface area (Å²) in [4.78, 5) is 13.4. The van der Waals surface area contributed by atoms with Crippen LogP contribution in [0.5, 0.6) is 0 Å². The zero-order valence-corrected chi connectivity index (χ0v) is 14.9. The van der Waals surface area contributed by atoms with Crippen molar-refractivity contribution in [1.29, 1.82) is 0 Å². The third-order valence-corrected chi connectivity index (χ3v) is 5.55. The maximum Gasteiger partial charge on any atom is 0.171 e. The standard InChI is InChI=1S/C20H21FN6/c21-18-12-9-23-10-13(12)19(16-11-24-17-7-3-4-8-27(16)17)26-20(18)25-15-6-2-1-5-14(15)22/h3-4,7-8,10-11,14-15H,1-2,5-6,9,22H2,(H,25,26)/t14-,15+/m0/s1. The quantitative estimate of drug-likeness (QED) is 0.748. The number of fused-ring (bicyclic) bond motifs is 2. The molecule has 27 heavy (non-hydrogen) atoms. The van der Waals surface area contributed by atoms with E-state index in [4.69, 9.17) is 5.73 Å². The fraction of sp³-hybridized carbons (Fsp3) is 0.350. The minimum absolute atomic E-state index is 0.0173. The van der Waals surface area contributed by atoms with Gasteiger partial charge in [0.2, 0.25) is 0 Å². The summed E-state index contributed by atoms with van der Waals surface area (Å²) in [6.45, 7) is 0.332. The van der Waals surface area contributed by atoms with Crippen molar-refractivity contribution in [3.63, 3.8) is 0 Å². The molecule has 3 N–H and O–H groups in total. The second-order valence-electron chi connectivity index (χ2n) is 7.26. The molecule has 0 radical (unpaired) electrons. The van der Waals surface area contributed by atoms with E-state index in [1.807, 2.05) is 28.8 Å². The smallest absolute Gasteiger partial charge is 0.171 e. The molecule has 6 nitrogen and oxygen atoms in total. The summed E-state index contributed by atoms with van der Waals surface area (Å²) in [7, 11) is 0. The van der Waals surface area contributed by atoms with Gasteiger partial charge in [-0.15, -0.1) is 0 Å². The molecule has 0 aromatic carbocycles. The van der Waals surface area contributed by atoms with Gasteiger partial charge in [0.05, 0.1) is 18.4 Å². The molecule has 0 spiro atoms. The summed E-state index contributed by atoms with van der Waals surface area (Å²) in [6.07, 6.45) is 9.53. The van der Waals surface area contributed by atoms with Crippen molar-refractivity contribution in [2.45, 2.75) is 44.3 Å². The molecule has 3 aromatic rings. The zero-order chi connectivity index (χ0) is 18.4. The number of hydrogen-bond donors (Lipinski definition) is 2. The first-order chi connectivity index (χ1) is 13.2. The Kier molecular flexibility index (Phi) is 3.89. The first-order valence-corrected chi connectivity index (χ1v) is 9.39. The number of aliphatic imine (C=N–C) groups is 1. The van der Waals surface area contributed by atoms with Gasteiger partial charge in [-0.25, -0.2) is 14.4 Å². The summed E-state index contributed by atoms with van der Waals surface area (Å²) in [5, 5.41) is 3.28. The van der Waals surface area contributed by atoms with Gasteiger partial charge in [-0.1, -0.05) is 18.9 Å². The highest BCUT2D eigenvalue weighted by Crippen LogP contribution is 2.33. The fourth-order valence-corrected chi connectivity index (χ4v) is 4.06. The van der Waals surface area contributed by atoms with Gasteiger partial charge in [0.15, 0.2) is 11.6 Å². The molecule has 0 saturated heterocycles. The largest absolute Gasteiger partial charge is 0.363 e. The average molecular weight is 364 g/mol. The van der Waals surface area contributed by atoms with Crippen LogP contribution in [0, 0.1) is 5.82 Å². The molecule has 3 aromatic heterocycles. The van der Waals surface area contributed by atoms with Gasteiger partial charge in [-0.05, 0) is 25.0 Å². The van der Waals surface area contributed by atoms with Crippen molar-refractivity contribution >= 4 is 17.7 Å². The predicted molar refractivity (Wildman–Crippen MR) is 104 cm³/mol. The molecule has 1 aliphatic carbocycles. The number of imidazole rings is 1. The van der Waals surface area contributed by atoms with E-state index in [9.17, 15) is 0 Å². The van der Waals surface area contributed by atoms with Crippen molar-refractivity contribution in [3.05, 3.63) is 47.5 Å². The number of halogens is 1. The van der Waals surface area contributed by atoms with E-state index in [-0.39, 0.29) is 23.7 Å². The predicted octanol–water partition coefficient (Wildman–Crippen LogP) is 3.15. The summed E-state index contributed by atoms with van der Waals surface area (Å²) in [5.41, 5.74) is 9.90. The molecule has 138 valence electrons. The second kappa shape index (κ2) is 6.42. The third kappa shape index (κ3) is 2.70. The Bertz CT molecular complexity index is 1040. The normalized spacial score (nSPS) is 21.6. The van der Waals surface area contributed by atoms with Crippen LogP contribution in [-0.2, 0) is 6.54 Å². The SMILES string of the molecule is N[C@H]1CCCC[C@H]1Nc1nc(-c2cnc3ccccn23)c2c(c1F)CN=C2. The van der Waals surface area contributed by atoms with E-state index in [1.54, 1.807) is 12.4 Å². The minimum Gasteiger partial charge on any atom is -0.363 e. The molecule has 7 heteroatoms. The van der Waals surface area contributed by atoms with Crippen molar-refractivity contribution in [2.75, 3.05) is 5.32 Å². The van der Waals surface area contributed by atoms with Crippen LogP contribution >= 0.6 is 0 Å². The van der Waals surface area contributed by atoms with E-state index in [2.05, 4.69) is 20.3 Å². The maximum absolute atomic E-state index is 15.1. The highest BCUT2D eigenvalue weighted by Gasteiger charge is 2.27. The first kappa shape index (κ1) is 16.4. The molecule has 2 aliphatic rings. The molecule has 0 amide bonds. The van der Waals surface area contributed by atoms with Crippen LogP contribution in [0.1, 0.15) is 36.8 Å². The monoisotopic (exact) mass is 364 g/mol. The Morgan fingerprint density at radius 3 is 3.00 bits per heavy atom. The fourth-order valence-electron chi connectivity index (χ4n) is 4.06.